The number of fused-ring (bicyclic) bond motifs is 3. The van der Waals surface area contributed by atoms with Gasteiger partial charge in [0.2, 0.25) is 0 Å². The number of thioether (sulfide) groups is 1. The SMILES string of the molecule is CN1c2ccc(Cl)cc2-c2nc(SCc3ccc(F)cc3Cl)ncc2S1(=O)=O. The number of hydrogen-bond acceptors (Lipinski definition) is 5. The van der Waals surface area contributed by atoms with E-state index < -0.39 is 15.8 Å². The van der Waals surface area contributed by atoms with Gasteiger partial charge in [-0.1, -0.05) is 41.0 Å². The number of benzene rings is 2. The summed E-state index contributed by atoms with van der Waals surface area (Å²) in [5.41, 5.74) is 2.14. The summed E-state index contributed by atoms with van der Waals surface area (Å²) in [6, 6.07) is 9.12. The molecule has 0 spiro atoms. The van der Waals surface area contributed by atoms with Crippen molar-refractivity contribution in [1.82, 2.24) is 9.97 Å². The van der Waals surface area contributed by atoms with Gasteiger partial charge in [0.25, 0.3) is 10.0 Å². The third-order valence-corrected chi connectivity index (χ3v) is 7.57. The van der Waals surface area contributed by atoms with Crippen molar-refractivity contribution in [3.63, 3.8) is 0 Å². The summed E-state index contributed by atoms with van der Waals surface area (Å²) in [6.07, 6.45) is 1.30. The van der Waals surface area contributed by atoms with Crippen LogP contribution in [0.2, 0.25) is 10.0 Å². The first kappa shape index (κ1) is 19.4. The lowest BCUT2D eigenvalue weighted by Gasteiger charge is -2.28. The second-order valence-electron chi connectivity index (χ2n) is 6.02. The van der Waals surface area contributed by atoms with Crippen LogP contribution in [0.25, 0.3) is 11.3 Å². The van der Waals surface area contributed by atoms with E-state index in [0.717, 1.165) is 5.56 Å². The highest BCUT2D eigenvalue weighted by molar-refractivity contribution is 7.98. The minimum absolute atomic E-state index is 0.0222. The van der Waals surface area contributed by atoms with E-state index in [2.05, 4.69) is 9.97 Å². The zero-order chi connectivity index (χ0) is 20.1. The lowest BCUT2D eigenvalue weighted by molar-refractivity contribution is 0.592. The summed E-state index contributed by atoms with van der Waals surface area (Å²) in [4.78, 5) is 8.66. The van der Waals surface area contributed by atoms with E-state index in [1.54, 1.807) is 24.3 Å². The molecule has 0 saturated carbocycles. The summed E-state index contributed by atoms with van der Waals surface area (Å²) in [5, 5.41) is 1.17. The third kappa shape index (κ3) is 3.34. The minimum Gasteiger partial charge on any atom is -0.269 e. The molecule has 1 aromatic heterocycles. The third-order valence-electron chi connectivity index (χ3n) is 4.30. The van der Waals surface area contributed by atoms with Crippen LogP contribution in [-0.4, -0.2) is 25.4 Å². The van der Waals surface area contributed by atoms with Crippen molar-refractivity contribution in [2.45, 2.75) is 15.8 Å². The predicted octanol–water partition coefficient (Wildman–Crippen LogP) is 5.02. The molecule has 1 aliphatic heterocycles. The Morgan fingerprint density at radius 3 is 2.71 bits per heavy atom. The number of halogens is 3. The molecule has 0 amide bonds. The Balaban J connectivity index is 1.74. The predicted molar refractivity (Wildman–Crippen MR) is 109 cm³/mol. The fourth-order valence-electron chi connectivity index (χ4n) is 2.84. The molecule has 0 fully saturated rings. The van der Waals surface area contributed by atoms with Crippen molar-refractivity contribution in [1.29, 1.82) is 0 Å². The summed E-state index contributed by atoms with van der Waals surface area (Å²) in [7, 11) is -2.27. The van der Waals surface area contributed by atoms with Crippen molar-refractivity contribution < 1.29 is 12.8 Å². The number of nitrogens with zero attached hydrogens (tertiary/aromatic N) is 3. The van der Waals surface area contributed by atoms with Crippen LogP contribution in [0.5, 0.6) is 0 Å². The Hall–Kier alpha value is -1.87. The van der Waals surface area contributed by atoms with Gasteiger partial charge in [0.05, 0.1) is 17.6 Å². The molecule has 0 atom stereocenters. The van der Waals surface area contributed by atoms with Crippen molar-refractivity contribution in [2.75, 3.05) is 11.4 Å². The fraction of sp³-hybridized carbons (Fsp3) is 0.111. The van der Waals surface area contributed by atoms with Gasteiger partial charge in [0.15, 0.2) is 5.16 Å². The number of sulfonamides is 1. The molecule has 0 radical (unpaired) electrons. The van der Waals surface area contributed by atoms with Gasteiger partial charge in [-0.05, 0) is 35.9 Å². The normalized spacial score (nSPS) is 14.5. The van der Waals surface area contributed by atoms with E-state index in [1.807, 2.05) is 0 Å². The van der Waals surface area contributed by atoms with Gasteiger partial charge >= 0.3 is 0 Å². The Labute approximate surface area is 175 Å². The molecule has 144 valence electrons. The van der Waals surface area contributed by atoms with E-state index in [9.17, 15) is 12.8 Å². The van der Waals surface area contributed by atoms with Crippen molar-refractivity contribution in [2.24, 2.45) is 0 Å². The van der Waals surface area contributed by atoms with E-state index >= 15 is 0 Å². The monoisotopic (exact) mass is 455 g/mol. The molecule has 4 rings (SSSR count). The summed E-state index contributed by atoms with van der Waals surface area (Å²) in [6.45, 7) is 0. The molecule has 0 N–H and O–H groups in total. The molecule has 2 aromatic carbocycles. The van der Waals surface area contributed by atoms with Crippen LogP contribution in [0.4, 0.5) is 10.1 Å². The summed E-state index contributed by atoms with van der Waals surface area (Å²) >= 11 is 13.4. The first-order valence-corrected chi connectivity index (χ1v) is 11.2. The maximum absolute atomic E-state index is 13.2. The molecule has 0 saturated heterocycles. The van der Waals surface area contributed by atoms with Gasteiger partial charge in [-0.3, -0.25) is 4.31 Å². The molecule has 1 aliphatic rings. The van der Waals surface area contributed by atoms with Gasteiger partial charge in [0, 0.05) is 28.4 Å². The Morgan fingerprint density at radius 1 is 1.18 bits per heavy atom. The Morgan fingerprint density at radius 2 is 1.96 bits per heavy atom. The highest BCUT2D eigenvalue weighted by Gasteiger charge is 2.34. The standard InChI is InChI=1S/C18H12Cl2FN3O2S2/c1-24-15-5-3-11(19)6-13(15)17-16(28(24,25)26)8-22-18(23-17)27-9-10-2-4-12(21)7-14(10)20/h2-8H,9H2,1H3. The molecule has 2 heterocycles. The van der Waals surface area contributed by atoms with E-state index in [1.165, 1.54) is 41.4 Å². The smallest absolute Gasteiger partial charge is 0.267 e. The van der Waals surface area contributed by atoms with Crippen molar-refractivity contribution >= 4 is 50.7 Å². The second-order valence-corrected chi connectivity index (χ2v) is 9.75. The topological polar surface area (TPSA) is 63.2 Å². The van der Waals surface area contributed by atoms with Crippen LogP contribution >= 0.6 is 35.0 Å². The lowest BCUT2D eigenvalue weighted by Crippen LogP contribution is -2.31. The van der Waals surface area contributed by atoms with Gasteiger partial charge in [-0.2, -0.15) is 0 Å². The van der Waals surface area contributed by atoms with Crippen molar-refractivity contribution in [3.8, 4) is 11.3 Å². The highest BCUT2D eigenvalue weighted by Crippen LogP contribution is 2.42. The molecule has 5 nitrogen and oxygen atoms in total. The van der Waals surface area contributed by atoms with Crippen LogP contribution in [0.1, 0.15) is 5.56 Å². The number of anilines is 1. The zero-order valence-electron chi connectivity index (χ0n) is 14.4. The molecule has 28 heavy (non-hydrogen) atoms. The maximum atomic E-state index is 13.2. The summed E-state index contributed by atoms with van der Waals surface area (Å²) < 4.78 is 39.9. The molecule has 3 aromatic rings. The second kappa shape index (κ2) is 7.18. The van der Waals surface area contributed by atoms with Crippen LogP contribution in [-0.2, 0) is 15.8 Å². The fourth-order valence-corrected chi connectivity index (χ4v) is 5.44. The number of aromatic nitrogens is 2. The maximum Gasteiger partial charge on any atom is 0.267 e. The molecule has 0 aliphatic carbocycles. The van der Waals surface area contributed by atoms with E-state index in [0.29, 0.717) is 37.9 Å². The van der Waals surface area contributed by atoms with Gasteiger partial charge in [-0.25, -0.2) is 22.8 Å². The summed E-state index contributed by atoms with van der Waals surface area (Å²) in [5.74, 6) is -0.000884. The van der Waals surface area contributed by atoms with Crippen LogP contribution in [0, 0.1) is 5.82 Å². The van der Waals surface area contributed by atoms with Crippen molar-refractivity contribution in [3.05, 3.63) is 64.0 Å². The molecule has 0 unspecified atom stereocenters. The number of rotatable bonds is 3. The van der Waals surface area contributed by atoms with E-state index in [-0.39, 0.29) is 4.90 Å². The Bertz CT molecular complexity index is 1210. The average molecular weight is 456 g/mol. The molecular formula is C18H12Cl2FN3O2S2. The number of hydrogen-bond donors (Lipinski definition) is 0. The van der Waals surface area contributed by atoms with Gasteiger partial charge in [-0.15, -0.1) is 0 Å². The van der Waals surface area contributed by atoms with Crippen LogP contribution in [0.15, 0.2) is 52.6 Å². The van der Waals surface area contributed by atoms with Gasteiger partial charge < -0.3 is 0 Å². The first-order valence-electron chi connectivity index (χ1n) is 8.00. The van der Waals surface area contributed by atoms with Gasteiger partial charge in [0.1, 0.15) is 10.7 Å². The minimum atomic E-state index is -3.75. The average Bonchev–Trinajstić information content (AvgIpc) is 2.65. The quantitative estimate of drug-likeness (QED) is 0.409. The molecule has 0 bridgehead atoms. The lowest BCUT2D eigenvalue weighted by atomic mass is 10.1. The zero-order valence-corrected chi connectivity index (χ0v) is 17.5. The largest absolute Gasteiger partial charge is 0.269 e. The highest BCUT2D eigenvalue weighted by atomic mass is 35.5. The Kier molecular flexibility index (Phi) is 4.99. The van der Waals surface area contributed by atoms with Crippen LogP contribution in [0.3, 0.4) is 0 Å². The molecular weight excluding hydrogens is 444 g/mol. The molecule has 10 heteroatoms. The first-order chi connectivity index (χ1) is 13.3. The van der Waals surface area contributed by atoms with Crippen LogP contribution < -0.4 is 4.31 Å². The van der Waals surface area contributed by atoms with E-state index in [4.69, 9.17) is 23.2 Å².